The monoisotopic (exact) mass is 444 g/mol. The molecule has 0 aliphatic carbocycles. The van der Waals surface area contributed by atoms with Gasteiger partial charge in [-0.25, -0.2) is 0 Å². The van der Waals surface area contributed by atoms with Gasteiger partial charge in [-0.05, 0) is 94.8 Å². The van der Waals surface area contributed by atoms with Gasteiger partial charge in [0.1, 0.15) is 0 Å². The molecule has 0 radical (unpaired) electrons. The highest BCUT2D eigenvalue weighted by atomic mass is 16.4. The molecule has 0 spiro atoms. The molecule has 3 atom stereocenters. The van der Waals surface area contributed by atoms with Crippen LogP contribution in [0.2, 0.25) is 0 Å². The van der Waals surface area contributed by atoms with E-state index in [1.165, 1.54) is 37.7 Å². The molecule has 0 heterocycles. The minimum atomic E-state index is -0.695. The fourth-order valence-electron chi connectivity index (χ4n) is 4.89. The van der Waals surface area contributed by atoms with Gasteiger partial charge in [0.05, 0.1) is 0 Å². The lowest BCUT2D eigenvalue weighted by Crippen LogP contribution is -2.34. The zero-order valence-electron chi connectivity index (χ0n) is 20.6. The second-order valence-electron chi connectivity index (χ2n) is 9.19. The standard InChI is InChI=1S/C28H48N2O2/c1-3-4-5-6-7-8-9-10-14-17-26(23-30-2)27(20-21-29)25(22-28(31)32)19-18-24-15-12-11-13-16-24/h8-9,11-13,15-16,25-27,30H,3-7,10,14,17-23,29H2,1-2H3,(H,31,32). The number of hydrogen-bond donors (Lipinski definition) is 3. The lowest BCUT2D eigenvalue weighted by Gasteiger charge is -2.33. The van der Waals surface area contributed by atoms with Crippen LogP contribution < -0.4 is 11.1 Å². The Morgan fingerprint density at radius 3 is 2.34 bits per heavy atom. The summed E-state index contributed by atoms with van der Waals surface area (Å²) in [5, 5.41) is 13.0. The van der Waals surface area contributed by atoms with Crippen LogP contribution in [-0.2, 0) is 11.2 Å². The number of benzene rings is 1. The number of hydrogen-bond acceptors (Lipinski definition) is 3. The smallest absolute Gasteiger partial charge is 0.303 e. The summed E-state index contributed by atoms with van der Waals surface area (Å²) in [5.74, 6) is 0.259. The SMILES string of the molecule is CCCCCCC=CCCCC(CNC)C(CCN)C(CCc1ccccc1)CC(=O)O. The van der Waals surface area contributed by atoms with Crippen LogP contribution in [0.3, 0.4) is 0 Å². The maximum atomic E-state index is 11.7. The normalized spacial score (nSPS) is 14.5. The summed E-state index contributed by atoms with van der Waals surface area (Å²) in [6, 6.07) is 10.4. The molecule has 0 amide bonds. The third-order valence-electron chi connectivity index (χ3n) is 6.60. The quantitative estimate of drug-likeness (QED) is 0.165. The van der Waals surface area contributed by atoms with Gasteiger partial charge < -0.3 is 16.2 Å². The van der Waals surface area contributed by atoms with Crippen LogP contribution in [0.15, 0.2) is 42.5 Å². The van der Waals surface area contributed by atoms with Crippen LogP contribution in [0.4, 0.5) is 0 Å². The molecule has 0 saturated heterocycles. The molecule has 0 aliphatic rings. The van der Waals surface area contributed by atoms with Crippen molar-refractivity contribution in [3.63, 3.8) is 0 Å². The summed E-state index contributed by atoms with van der Waals surface area (Å²) in [6.45, 7) is 3.79. The highest BCUT2D eigenvalue weighted by Gasteiger charge is 2.29. The molecule has 1 aromatic carbocycles. The van der Waals surface area contributed by atoms with Crippen molar-refractivity contribution in [3.8, 4) is 0 Å². The fourth-order valence-corrected chi connectivity index (χ4v) is 4.89. The Morgan fingerprint density at radius 1 is 1.00 bits per heavy atom. The number of nitrogens with one attached hydrogen (secondary N) is 1. The van der Waals surface area contributed by atoms with Gasteiger partial charge in [0.2, 0.25) is 0 Å². The second kappa shape index (κ2) is 18.9. The van der Waals surface area contributed by atoms with Crippen molar-refractivity contribution < 1.29 is 9.90 Å². The van der Waals surface area contributed by atoms with E-state index in [0.29, 0.717) is 18.4 Å². The van der Waals surface area contributed by atoms with E-state index < -0.39 is 5.97 Å². The van der Waals surface area contributed by atoms with Crippen molar-refractivity contribution >= 4 is 5.97 Å². The first-order valence-electron chi connectivity index (χ1n) is 12.9. The molecular weight excluding hydrogens is 396 g/mol. The van der Waals surface area contributed by atoms with Crippen molar-refractivity contribution in [1.29, 1.82) is 0 Å². The van der Waals surface area contributed by atoms with Gasteiger partial charge in [-0.15, -0.1) is 0 Å². The molecule has 4 N–H and O–H groups in total. The number of carbonyl (C=O) groups is 1. The minimum absolute atomic E-state index is 0.156. The number of aryl methyl sites for hydroxylation is 1. The molecule has 4 heteroatoms. The summed E-state index contributed by atoms with van der Waals surface area (Å²) < 4.78 is 0. The Morgan fingerprint density at radius 2 is 1.72 bits per heavy atom. The topological polar surface area (TPSA) is 75.3 Å². The summed E-state index contributed by atoms with van der Waals surface area (Å²) >= 11 is 0. The van der Waals surface area contributed by atoms with Crippen LogP contribution in [0.1, 0.15) is 83.1 Å². The average Bonchev–Trinajstić information content (AvgIpc) is 2.79. The van der Waals surface area contributed by atoms with Crippen LogP contribution >= 0.6 is 0 Å². The average molecular weight is 445 g/mol. The lowest BCUT2D eigenvalue weighted by atomic mass is 9.73. The maximum Gasteiger partial charge on any atom is 0.303 e. The predicted molar refractivity (Wildman–Crippen MR) is 137 cm³/mol. The van der Waals surface area contributed by atoms with Crippen molar-refractivity contribution in [2.45, 2.75) is 84.0 Å². The van der Waals surface area contributed by atoms with Crippen LogP contribution in [0.5, 0.6) is 0 Å². The van der Waals surface area contributed by atoms with E-state index in [-0.39, 0.29) is 12.3 Å². The molecule has 0 fully saturated rings. The van der Waals surface area contributed by atoms with E-state index in [1.54, 1.807) is 0 Å². The van der Waals surface area contributed by atoms with Gasteiger partial charge in [0.25, 0.3) is 0 Å². The van der Waals surface area contributed by atoms with Gasteiger partial charge >= 0.3 is 5.97 Å². The molecule has 32 heavy (non-hydrogen) atoms. The van der Waals surface area contributed by atoms with Gasteiger partial charge in [0.15, 0.2) is 0 Å². The van der Waals surface area contributed by atoms with Gasteiger partial charge in [-0.3, -0.25) is 4.79 Å². The Hall–Kier alpha value is -1.65. The zero-order valence-corrected chi connectivity index (χ0v) is 20.6. The first-order chi connectivity index (χ1) is 15.6. The summed E-state index contributed by atoms with van der Waals surface area (Å²) in [5.41, 5.74) is 7.29. The van der Waals surface area contributed by atoms with Gasteiger partial charge in [0, 0.05) is 6.42 Å². The van der Waals surface area contributed by atoms with E-state index >= 15 is 0 Å². The molecule has 0 bridgehead atoms. The maximum absolute atomic E-state index is 11.7. The molecule has 182 valence electrons. The number of aliphatic carboxylic acids is 1. The van der Waals surface area contributed by atoms with Gasteiger partial charge in [-0.1, -0.05) is 68.7 Å². The molecule has 1 rings (SSSR count). The predicted octanol–water partition coefficient (Wildman–Crippen LogP) is 6.21. The second-order valence-corrected chi connectivity index (χ2v) is 9.19. The van der Waals surface area contributed by atoms with Crippen molar-refractivity contribution in [1.82, 2.24) is 5.32 Å². The van der Waals surface area contributed by atoms with E-state index in [4.69, 9.17) is 5.73 Å². The number of unbranched alkanes of at least 4 members (excludes halogenated alkanes) is 5. The number of carboxylic acids is 1. The number of nitrogens with two attached hydrogens (primary N) is 1. The van der Waals surface area contributed by atoms with Crippen LogP contribution in [0.25, 0.3) is 0 Å². The number of allylic oxidation sites excluding steroid dienone is 2. The Balaban J connectivity index is 2.68. The van der Waals surface area contributed by atoms with E-state index in [9.17, 15) is 9.90 Å². The Labute approximate surface area is 197 Å². The van der Waals surface area contributed by atoms with Crippen LogP contribution in [-0.4, -0.2) is 31.2 Å². The minimum Gasteiger partial charge on any atom is -0.481 e. The molecular formula is C28H48N2O2. The van der Waals surface area contributed by atoms with Crippen molar-refractivity contribution in [2.75, 3.05) is 20.1 Å². The summed E-state index contributed by atoms with van der Waals surface area (Å²) in [7, 11) is 2.00. The third kappa shape index (κ3) is 13.0. The van der Waals surface area contributed by atoms with E-state index in [1.807, 2.05) is 13.1 Å². The summed E-state index contributed by atoms with van der Waals surface area (Å²) in [6.07, 6.45) is 17.4. The number of rotatable bonds is 20. The van der Waals surface area contributed by atoms with E-state index in [0.717, 1.165) is 45.1 Å². The number of carboxylic acid groups (broad SMARTS) is 1. The van der Waals surface area contributed by atoms with E-state index in [2.05, 4.69) is 48.7 Å². The highest BCUT2D eigenvalue weighted by molar-refractivity contribution is 5.67. The first kappa shape index (κ1) is 28.4. The molecule has 0 aliphatic heterocycles. The molecule has 0 aromatic heterocycles. The molecule has 4 nitrogen and oxygen atoms in total. The highest BCUT2D eigenvalue weighted by Crippen LogP contribution is 2.33. The first-order valence-corrected chi connectivity index (χ1v) is 12.9. The molecule has 0 saturated carbocycles. The van der Waals surface area contributed by atoms with Crippen molar-refractivity contribution in [3.05, 3.63) is 48.0 Å². The zero-order chi connectivity index (χ0) is 23.4. The molecule has 3 unspecified atom stereocenters. The third-order valence-corrected chi connectivity index (χ3v) is 6.60. The van der Waals surface area contributed by atoms with Crippen molar-refractivity contribution in [2.24, 2.45) is 23.5 Å². The summed E-state index contributed by atoms with van der Waals surface area (Å²) in [4.78, 5) is 11.7. The Bertz CT molecular complexity index is 603. The lowest BCUT2D eigenvalue weighted by molar-refractivity contribution is -0.138. The van der Waals surface area contributed by atoms with Gasteiger partial charge in [-0.2, -0.15) is 0 Å². The van der Waals surface area contributed by atoms with Crippen LogP contribution in [0, 0.1) is 17.8 Å². The largest absolute Gasteiger partial charge is 0.481 e. The molecule has 1 aromatic rings. The fraction of sp³-hybridized carbons (Fsp3) is 0.679. The Kier molecular flexibility index (Phi) is 16.7.